The van der Waals surface area contributed by atoms with E-state index >= 15 is 0 Å². The van der Waals surface area contributed by atoms with Crippen molar-refractivity contribution in [3.05, 3.63) is 65.7 Å². The van der Waals surface area contributed by atoms with Gasteiger partial charge in [-0.25, -0.2) is 4.98 Å². The summed E-state index contributed by atoms with van der Waals surface area (Å²) in [4.78, 5) is 11.1. The number of aromatic nitrogens is 3. The Balaban J connectivity index is 1.83. The molecule has 0 aliphatic rings. The van der Waals surface area contributed by atoms with Crippen LogP contribution in [0.2, 0.25) is 0 Å². The van der Waals surface area contributed by atoms with Gasteiger partial charge in [0.25, 0.3) is 0 Å². The normalized spacial score (nSPS) is 12.7. The number of rotatable bonds is 5. The molecule has 27 heavy (non-hydrogen) atoms. The minimum Gasteiger partial charge on any atom is -0.382 e. The summed E-state index contributed by atoms with van der Waals surface area (Å²) in [6.45, 7) is 4.01. The molecule has 142 valence electrons. The van der Waals surface area contributed by atoms with E-state index in [2.05, 4.69) is 15.0 Å². The Kier molecular flexibility index (Phi) is 5.07. The molecule has 0 aliphatic heterocycles. The minimum atomic E-state index is -4.47. The van der Waals surface area contributed by atoms with Gasteiger partial charge in [0.1, 0.15) is 11.7 Å². The van der Waals surface area contributed by atoms with Crippen molar-refractivity contribution < 1.29 is 13.2 Å². The molecule has 0 atom stereocenters. The molecule has 3 rings (SSSR count). The summed E-state index contributed by atoms with van der Waals surface area (Å²) in [5, 5.41) is 0. The highest BCUT2D eigenvalue weighted by Crippen LogP contribution is 2.32. The maximum atomic E-state index is 13.0. The summed E-state index contributed by atoms with van der Waals surface area (Å²) in [7, 11) is 0. The van der Waals surface area contributed by atoms with E-state index in [0.29, 0.717) is 23.8 Å². The highest BCUT2D eigenvalue weighted by molar-refractivity contribution is 5.95. The Labute approximate surface area is 154 Å². The molecule has 2 aromatic heterocycles. The number of aliphatic imine (C=N–C) groups is 1. The largest absolute Gasteiger partial charge is 0.434 e. The van der Waals surface area contributed by atoms with Crippen LogP contribution in [0.3, 0.4) is 0 Å². The lowest BCUT2D eigenvalue weighted by atomic mass is 10.1. The maximum Gasteiger partial charge on any atom is 0.434 e. The van der Waals surface area contributed by atoms with E-state index in [0.717, 1.165) is 17.5 Å². The molecule has 1 aromatic carbocycles. The molecule has 0 saturated carbocycles. The van der Waals surface area contributed by atoms with Crippen LogP contribution in [0.5, 0.6) is 0 Å². The zero-order valence-corrected chi connectivity index (χ0v) is 15.0. The van der Waals surface area contributed by atoms with Gasteiger partial charge in [0.05, 0.1) is 12.2 Å². The molecule has 0 unspecified atom stereocenters. The maximum absolute atomic E-state index is 13.0. The first kappa shape index (κ1) is 18.8. The molecular weight excluding hydrogens is 355 g/mol. The second-order valence-corrected chi connectivity index (χ2v) is 6.43. The molecule has 2 heterocycles. The van der Waals surface area contributed by atoms with Crippen LogP contribution in [0.25, 0.3) is 11.4 Å². The number of H-pyrrole nitrogens is 1. The highest BCUT2D eigenvalue weighted by Gasteiger charge is 2.35. The van der Waals surface area contributed by atoms with Crippen molar-refractivity contribution in [2.24, 2.45) is 10.7 Å². The van der Waals surface area contributed by atoms with Crippen molar-refractivity contribution in [1.29, 1.82) is 0 Å². The first-order valence-electron chi connectivity index (χ1n) is 8.44. The predicted octanol–water partition coefficient (Wildman–Crippen LogP) is 4.38. The predicted molar refractivity (Wildman–Crippen MR) is 98.3 cm³/mol. The van der Waals surface area contributed by atoms with E-state index in [1.807, 2.05) is 38.1 Å². The monoisotopic (exact) mass is 375 g/mol. The van der Waals surface area contributed by atoms with Crippen molar-refractivity contribution in [2.75, 3.05) is 0 Å². The van der Waals surface area contributed by atoms with Gasteiger partial charge in [0, 0.05) is 24.0 Å². The fourth-order valence-corrected chi connectivity index (χ4v) is 2.65. The van der Waals surface area contributed by atoms with E-state index in [9.17, 15) is 13.2 Å². The van der Waals surface area contributed by atoms with Crippen molar-refractivity contribution in [2.45, 2.75) is 32.6 Å². The van der Waals surface area contributed by atoms with Crippen molar-refractivity contribution in [1.82, 2.24) is 14.5 Å². The first-order chi connectivity index (χ1) is 12.8. The fourth-order valence-electron chi connectivity index (χ4n) is 2.65. The molecule has 5 nitrogen and oxygen atoms in total. The third-order valence-electron chi connectivity index (χ3n) is 4.10. The number of hydrogen-bond donors (Lipinski definition) is 2. The summed E-state index contributed by atoms with van der Waals surface area (Å²) in [6.07, 6.45) is -1.66. The van der Waals surface area contributed by atoms with E-state index in [1.54, 1.807) is 18.3 Å². The average Bonchev–Trinajstić information content (AvgIpc) is 3.29. The van der Waals surface area contributed by atoms with E-state index in [-0.39, 0.29) is 6.04 Å². The van der Waals surface area contributed by atoms with E-state index in [4.69, 9.17) is 5.73 Å². The zero-order valence-electron chi connectivity index (χ0n) is 15.0. The van der Waals surface area contributed by atoms with Crippen LogP contribution in [0.4, 0.5) is 13.2 Å². The fraction of sp³-hybridized carbons (Fsp3) is 0.263. The van der Waals surface area contributed by atoms with Crippen LogP contribution in [-0.2, 0) is 12.7 Å². The standard InChI is InChI=1S/C19H20F3N5/c1-12(2)27-11-16(19(20,21)22)26-18(27)14-7-5-13(6-8-14)10-25-17(23)15-4-3-9-24-15/h3-9,11-12,24H,10H2,1-2H3,(H2,23,25). The molecule has 0 spiro atoms. The van der Waals surface area contributed by atoms with Crippen LogP contribution in [-0.4, -0.2) is 20.4 Å². The van der Waals surface area contributed by atoms with Gasteiger partial charge in [-0.3, -0.25) is 4.99 Å². The van der Waals surface area contributed by atoms with Gasteiger partial charge in [0.2, 0.25) is 0 Å². The lowest BCUT2D eigenvalue weighted by Crippen LogP contribution is -2.13. The van der Waals surface area contributed by atoms with Crippen molar-refractivity contribution in [3.8, 4) is 11.4 Å². The number of nitrogens with zero attached hydrogens (tertiary/aromatic N) is 3. The Morgan fingerprint density at radius 2 is 1.93 bits per heavy atom. The van der Waals surface area contributed by atoms with Crippen LogP contribution in [0, 0.1) is 0 Å². The third-order valence-corrected chi connectivity index (χ3v) is 4.10. The van der Waals surface area contributed by atoms with Crippen LogP contribution < -0.4 is 5.73 Å². The van der Waals surface area contributed by atoms with Crippen molar-refractivity contribution in [3.63, 3.8) is 0 Å². The molecule has 0 amide bonds. The summed E-state index contributed by atoms with van der Waals surface area (Å²) in [5.74, 6) is 0.688. The summed E-state index contributed by atoms with van der Waals surface area (Å²) in [5.41, 5.74) is 7.26. The Morgan fingerprint density at radius 1 is 1.22 bits per heavy atom. The van der Waals surface area contributed by atoms with Gasteiger partial charge in [-0.2, -0.15) is 13.2 Å². The van der Waals surface area contributed by atoms with Crippen molar-refractivity contribution >= 4 is 5.84 Å². The van der Waals surface area contributed by atoms with E-state index in [1.165, 1.54) is 4.57 Å². The molecule has 0 bridgehead atoms. The van der Waals surface area contributed by atoms with Crippen LogP contribution in [0.1, 0.15) is 36.8 Å². The number of amidine groups is 1. The number of halogens is 3. The zero-order chi connectivity index (χ0) is 19.6. The lowest BCUT2D eigenvalue weighted by molar-refractivity contribution is -0.140. The van der Waals surface area contributed by atoms with Gasteiger partial charge >= 0.3 is 6.18 Å². The molecule has 0 radical (unpaired) electrons. The van der Waals surface area contributed by atoms with Gasteiger partial charge in [-0.15, -0.1) is 0 Å². The van der Waals surface area contributed by atoms with Gasteiger partial charge < -0.3 is 15.3 Å². The number of aromatic amines is 1. The molecule has 3 aromatic rings. The molecule has 8 heteroatoms. The summed E-state index contributed by atoms with van der Waals surface area (Å²) in [6, 6.07) is 10.6. The smallest absolute Gasteiger partial charge is 0.382 e. The number of nitrogens with two attached hydrogens (primary N) is 1. The SMILES string of the molecule is CC(C)n1cc(C(F)(F)F)nc1-c1ccc(CN=C(N)c2ccc[nH]2)cc1. The second-order valence-electron chi connectivity index (χ2n) is 6.43. The summed E-state index contributed by atoms with van der Waals surface area (Å²) >= 11 is 0. The summed E-state index contributed by atoms with van der Waals surface area (Å²) < 4.78 is 40.6. The van der Waals surface area contributed by atoms with E-state index < -0.39 is 11.9 Å². The number of alkyl halides is 3. The lowest BCUT2D eigenvalue weighted by Gasteiger charge is -2.11. The number of imidazole rings is 1. The Hall–Kier alpha value is -3.03. The molecule has 0 saturated heterocycles. The minimum absolute atomic E-state index is 0.145. The van der Waals surface area contributed by atoms with Gasteiger partial charge in [0.15, 0.2) is 5.69 Å². The quantitative estimate of drug-likeness (QED) is 0.513. The molecule has 0 fully saturated rings. The van der Waals surface area contributed by atoms with Gasteiger partial charge in [-0.1, -0.05) is 24.3 Å². The third kappa shape index (κ3) is 4.21. The van der Waals surface area contributed by atoms with Crippen LogP contribution >= 0.6 is 0 Å². The Bertz CT molecular complexity index is 919. The Morgan fingerprint density at radius 3 is 2.48 bits per heavy atom. The number of nitrogens with one attached hydrogen (secondary N) is 1. The van der Waals surface area contributed by atoms with Crippen LogP contribution in [0.15, 0.2) is 53.8 Å². The highest BCUT2D eigenvalue weighted by atomic mass is 19.4. The molecule has 3 N–H and O–H groups in total. The number of hydrogen-bond acceptors (Lipinski definition) is 2. The molecule has 0 aliphatic carbocycles. The number of benzene rings is 1. The average molecular weight is 375 g/mol. The first-order valence-corrected chi connectivity index (χ1v) is 8.44. The molecular formula is C19H20F3N5. The van der Waals surface area contributed by atoms with Gasteiger partial charge in [-0.05, 0) is 31.5 Å². The topological polar surface area (TPSA) is 72.0 Å². The second kappa shape index (κ2) is 7.30.